The number of carbonyl (C=O) groups is 1. The summed E-state index contributed by atoms with van der Waals surface area (Å²) >= 11 is 0. The van der Waals surface area contributed by atoms with Gasteiger partial charge in [0.15, 0.2) is 0 Å². The summed E-state index contributed by atoms with van der Waals surface area (Å²) in [6.45, 7) is 4.78. The number of hydrogen-bond acceptors (Lipinski definition) is 5. The molecule has 0 saturated heterocycles. The molecule has 430 valence electrons. The van der Waals surface area contributed by atoms with Crippen molar-refractivity contribution < 1.29 is 32.9 Å². The fraction of sp³-hybridized carbons (Fsp3) is 0.769. The molecule has 3 atom stereocenters. The number of amides is 1. The lowest BCUT2D eigenvalue weighted by atomic mass is 10.0. The number of rotatable bonds is 56. The van der Waals surface area contributed by atoms with Gasteiger partial charge in [0.1, 0.15) is 13.2 Å². The third-order valence-corrected chi connectivity index (χ3v) is 14.6. The summed E-state index contributed by atoms with van der Waals surface area (Å²) < 4.78 is 23.8. The van der Waals surface area contributed by atoms with Crippen LogP contribution in [0.3, 0.4) is 0 Å². The maximum Gasteiger partial charge on any atom is 0.472 e. The molecule has 0 bridgehead atoms. The smallest absolute Gasteiger partial charge is 0.391 e. The molecule has 0 aliphatic heterocycles. The molecule has 0 spiro atoms. The van der Waals surface area contributed by atoms with Crippen LogP contribution in [0.4, 0.5) is 0 Å². The van der Waals surface area contributed by atoms with Crippen molar-refractivity contribution in [2.24, 2.45) is 0 Å². The molecule has 0 radical (unpaired) electrons. The minimum absolute atomic E-state index is 0.0736. The highest BCUT2D eigenvalue weighted by atomic mass is 31.2. The van der Waals surface area contributed by atoms with Crippen LogP contribution in [-0.2, 0) is 18.4 Å². The van der Waals surface area contributed by atoms with Crippen molar-refractivity contribution >= 4 is 13.7 Å². The van der Waals surface area contributed by atoms with E-state index >= 15 is 0 Å². The highest BCUT2D eigenvalue weighted by Crippen LogP contribution is 2.43. The number of nitrogens with one attached hydrogen (secondary N) is 1. The van der Waals surface area contributed by atoms with Crippen LogP contribution >= 0.6 is 7.82 Å². The molecular weight excluding hydrogens is 936 g/mol. The van der Waals surface area contributed by atoms with Gasteiger partial charge in [0.2, 0.25) is 5.91 Å². The van der Waals surface area contributed by atoms with Gasteiger partial charge in [-0.05, 0) is 70.6 Å². The fourth-order valence-corrected chi connectivity index (χ4v) is 9.59. The zero-order valence-electron chi connectivity index (χ0n) is 49.1. The molecule has 0 aromatic rings. The van der Waals surface area contributed by atoms with Crippen LogP contribution in [0.2, 0.25) is 0 Å². The number of unbranched alkanes of at least 4 members (excludes halogenated alkanes) is 29. The molecule has 0 aliphatic carbocycles. The average Bonchev–Trinajstić information content (AvgIpc) is 3.36. The van der Waals surface area contributed by atoms with E-state index in [-0.39, 0.29) is 19.1 Å². The SMILES string of the molecule is CC/C=C\C/C=C\C/C=C\C/C=C\C/C=C\C/C=C\C/C=C\CCCCCCCCCCCCCCCCCCCC(=O)NC(COP(=O)(O)OCC[N+](C)(C)C)C(O)CCCCCCCCCCCCCCC. The first-order valence-corrected chi connectivity index (χ1v) is 32.4. The van der Waals surface area contributed by atoms with E-state index in [1.165, 1.54) is 161 Å². The fourth-order valence-electron chi connectivity index (χ4n) is 8.85. The average molecular weight is 1060 g/mol. The van der Waals surface area contributed by atoms with E-state index in [2.05, 4.69) is 104 Å². The maximum atomic E-state index is 13.0. The molecule has 9 heteroatoms. The second kappa shape index (κ2) is 55.4. The van der Waals surface area contributed by atoms with Gasteiger partial charge in [-0.2, -0.15) is 0 Å². The number of aliphatic hydroxyl groups is 1. The van der Waals surface area contributed by atoms with Gasteiger partial charge in [-0.15, -0.1) is 0 Å². The van der Waals surface area contributed by atoms with Crippen LogP contribution in [0.15, 0.2) is 85.1 Å². The first-order valence-electron chi connectivity index (χ1n) is 31.0. The Bertz CT molecular complexity index is 1480. The number of aliphatic hydroxyl groups excluding tert-OH is 1. The summed E-state index contributed by atoms with van der Waals surface area (Å²) in [7, 11) is 1.62. The molecule has 3 N–H and O–H groups in total. The van der Waals surface area contributed by atoms with Gasteiger partial charge in [-0.25, -0.2) is 4.57 Å². The van der Waals surface area contributed by atoms with Crippen molar-refractivity contribution in [1.82, 2.24) is 5.32 Å². The predicted molar refractivity (Wildman–Crippen MR) is 323 cm³/mol. The van der Waals surface area contributed by atoms with Crippen molar-refractivity contribution in [3.8, 4) is 0 Å². The van der Waals surface area contributed by atoms with Gasteiger partial charge >= 0.3 is 7.82 Å². The minimum Gasteiger partial charge on any atom is -0.391 e. The second-order valence-electron chi connectivity index (χ2n) is 22.1. The first-order chi connectivity index (χ1) is 36.0. The molecule has 3 unspecified atom stereocenters. The van der Waals surface area contributed by atoms with Gasteiger partial charge in [-0.3, -0.25) is 13.8 Å². The third kappa shape index (κ3) is 57.4. The lowest BCUT2D eigenvalue weighted by Gasteiger charge is -2.26. The van der Waals surface area contributed by atoms with Crippen molar-refractivity contribution in [2.75, 3.05) is 40.9 Å². The van der Waals surface area contributed by atoms with Gasteiger partial charge < -0.3 is 19.8 Å². The highest BCUT2D eigenvalue weighted by molar-refractivity contribution is 7.47. The second-order valence-corrected chi connectivity index (χ2v) is 23.5. The van der Waals surface area contributed by atoms with E-state index in [1.54, 1.807) is 0 Å². The van der Waals surface area contributed by atoms with E-state index in [0.717, 1.165) is 83.5 Å². The normalized spacial score (nSPS) is 14.4. The first kappa shape index (κ1) is 71.7. The van der Waals surface area contributed by atoms with Crippen molar-refractivity contribution in [1.29, 1.82) is 0 Å². The molecule has 0 aromatic heterocycles. The number of phosphoric acid groups is 1. The Hall–Kier alpha value is -2.32. The Kier molecular flexibility index (Phi) is 53.7. The lowest BCUT2D eigenvalue weighted by Crippen LogP contribution is -2.46. The third-order valence-electron chi connectivity index (χ3n) is 13.7. The number of likely N-dealkylation sites (N-methyl/N-ethyl adjacent to an activating group) is 1. The Morgan fingerprint density at radius 1 is 0.473 bits per heavy atom. The number of nitrogens with zero attached hydrogens (tertiary/aromatic N) is 1. The molecule has 0 rings (SSSR count). The molecule has 1 amide bonds. The van der Waals surface area contributed by atoms with Crippen molar-refractivity contribution in [2.45, 2.75) is 283 Å². The topological polar surface area (TPSA) is 105 Å². The number of hydrogen-bond donors (Lipinski definition) is 3. The summed E-state index contributed by atoms with van der Waals surface area (Å²) in [4.78, 5) is 23.3. The van der Waals surface area contributed by atoms with Gasteiger partial charge in [0.05, 0.1) is 39.9 Å². The van der Waals surface area contributed by atoms with Crippen LogP contribution in [0.25, 0.3) is 0 Å². The Morgan fingerprint density at radius 2 is 0.811 bits per heavy atom. The van der Waals surface area contributed by atoms with Crippen LogP contribution in [0.1, 0.15) is 271 Å². The molecule has 74 heavy (non-hydrogen) atoms. The zero-order valence-corrected chi connectivity index (χ0v) is 50.0. The standard InChI is InChI=1S/C65H119N2O6P/c1-6-8-10-12-14-16-18-20-21-22-23-24-25-26-27-28-29-30-31-32-33-34-35-36-37-38-39-40-41-42-43-44-45-47-49-51-53-55-57-59-65(69)66-63(62-73-74(70,71)72-61-60-67(3,4)5)64(68)58-56-54-52-50-48-46-19-17-15-13-11-9-7-2/h8,10,14,16,20-21,23-24,26-27,29-30,32-33,63-64,68H,6-7,9,11-13,15,17-19,22,25,28,31,34-62H2,1-5H3,(H-,66,69,70,71)/p+1/b10-8-,16-14-,21-20-,24-23-,27-26-,30-29-,33-32-. The Labute approximate surface area is 458 Å². The van der Waals surface area contributed by atoms with Crippen LogP contribution in [0, 0.1) is 0 Å². The van der Waals surface area contributed by atoms with E-state index in [9.17, 15) is 19.4 Å². The van der Waals surface area contributed by atoms with E-state index in [1.807, 2.05) is 21.1 Å². The zero-order chi connectivity index (χ0) is 54.2. The van der Waals surface area contributed by atoms with E-state index in [4.69, 9.17) is 9.05 Å². The summed E-state index contributed by atoms with van der Waals surface area (Å²) in [5.74, 6) is -0.144. The summed E-state index contributed by atoms with van der Waals surface area (Å²) in [5.41, 5.74) is 0. The van der Waals surface area contributed by atoms with Crippen molar-refractivity contribution in [3.05, 3.63) is 85.1 Å². The lowest BCUT2D eigenvalue weighted by molar-refractivity contribution is -0.870. The molecule has 0 saturated carbocycles. The van der Waals surface area contributed by atoms with E-state index < -0.39 is 20.0 Å². The van der Waals surface area contributed by atoms with Crippen LogP contribution < -0.4 is 5.32 Å². The number of carbonyl (C=O) groups excluding carboxylic acids is 1. The molecule has 0 aliphatic rings. The summed E-state index contributed by atoms with van der Waals surface area (Å²) in [6.07, 6.45) is 78.0. The molecule has 0 fully saturated rings. The van der Waals surface area contributed by atoms with Crippen LogP contribution in [0.5, 0.6) is 0 Å². The summed E-state index contributed by atoms with van der Waals surface area (Å²) in [5, 5.41) is 14.0. The quantitative estimate of drug-likeness (QED) is 0.0243. The van der Waals surface area contributed by atoms with Gasteiger partial charge in [0, 0.05) is 6.42 Å². The van der Waals surface area contributed by atoms with Crippen molar-refractivity contribution in [3.63, 3.8) is 0 Å². The minimum atomic E-state index is -4.32. The largest absolute Gasteiger partial charge is 0.472 e. The maximum absolute atomic E-state index is 13.0. The Morgan fingerprint density at radius 3 is 1.19 bits per heavy atom. The highest BCUT2D eigenvalue weighted by Gasteiger charge is 2.28. The monoisotopic (exact) mass is 1060 g/mol. The summed E-state index contributed by atoms with van der Waals surface area (Å²) in [6, 6.07) is -0.762. The predicted octanol–water partition coefficient (Wildman–Crippen LogP) is 19.2. The Balaban J connectivity index is 3.95. The molecule has 0 heterocycles. The number of phosphoric ester groups is 1. The van der Waals surface area contributed by atoms with Gasteiger partial charge in [0.25, 0.3) is 0 Å². The molecule has 0 aromatic carbocycles. The van der Waals surface area contributed by atoms with E-state index in [0.29, 0.717) is 23.9 Å². The molecule has 8 nitrogen and oxygen atoms in total. The van der Waals surface area contributed by atoms with Gasteiger partial charge in [-0.1, -0.05) is 279 Å². The number of quaternary nitrogens is 1. The molecular formula is C65H120N2O6P+. The number of allylic oxidation sites excluding steroid dienone is 14. The van der Waals surface area contributed by atoms with Crippen LogP contribution in [-0.4, -0.2) is 73.4 Å².